The fraction of sp³-hybridized carbons (Fsp3) is 0.0133. The molecule has 0 aliphatic heterocycles. The average Bonchev–Trinajstić information content (AvgIpc) is 4.16. The molecule has 76 heavy (non-hydrogen) atoms. The van der Waals surface area contributed by atoms with Gasteiger partial charge >= 0.3 is 0 Å². The highest BCUT2D eigenvalue weighted by Gasteiger charge is 2.52. The lowest BCUT2D eigenvalue weighted by Crippen LogP contribution is -2.26. The zero-order valence-electron chi connectivity index (χ0n) is 41.6. The predicted octanol–water partition coefficient (Wildman–Crippen LogP) is 20.3. The van der Waals surface area contributed by atoms with Gasteiger partial charge in [-0.3, -0.25) is 0 Å². The van der Waals surface area contributed by atoms with Crippen LogP contribution in [0.25, 0.3) is 109 Å². The topological polar surface area (TPSA) is 3.24 Å². The van der Waals surface area contributed by atoms with Gasteiger partial charge in [0.05, 0.1) is 11.1 Å². The van der Waals surface area contributed by atoms with Crippen LogP contribution in [0, 0.1) is 0 Å². The minimum absolute atomic E-state index is 0.533. The van der Waals surface area contributed by atoms with Gasteiger partial charge < -0.3 is 4.90 Å². The van der Waals surface area contributed by atoms with Crippen molar-refractivity contribution in [2.24, 2.45) is 0 Å². The molecular formula is C75H47N. The van der Waals surface area contributed by atoms with E-state index in [1.165, 1.54) is 121 Å². The maximum absolute atomic E-state index is 2.57. The van der Waals surface area contributed by atoms with Crippen LogP contribution in [0.15, 0.2) is 285 Å². The monoisotopic (exact) mass is 961 g/mol. The van der Waals surface area contributed by atoms with Crippen molar-refractivity contribution in [2.45, 2.75) is 5.41 Å². The van der Waals surface area contributed by atoms with Gasteiger partial charge in [0.2, 0.25) is 0 Å². The van der Waals surface area contributed by atoms with Gasteiger partial charge in [-0.2, -0.15) is 0 Å². The molecule has 1 spiro atoms. The van der Waals surface area contributed by atoms with Gasteiger partial charge in [0, 0.05) is 16.9 Å². The Morgan fingerprint density at radius 3 is 1.24 bits per heavy atom. The van der Waals surface area contributed by atoms with Crippen molar-refractivity contribution in [1.29, 1.82) is 0 Å². The summed E-state index contributed by atoms with van der Waals surface area (Å²) in [5.74, 6) is 0. The van der Waals surface area contributed by atoms with Crippen molar-refractivity contribution in [3.05, 3.63) is 307 Å². The predicted molar refractivity (Wildman–Crippen MR) is 321 cm³/mol. The van der Waals surface area contributed by atoms with Crippen LogP contribution in [0.4, 0.5) is 17.1 Å². The molecule has 0 amide bonds. The summed E-state index contributed by atoms with van der Waals surface area (Å²) >= 11 is 0. The first-order valence-corrected chi connectivity index (χ1v) is 26.5. The Morgan fingerprint density at radius 1 is 0.211 bits per heavy atom. The molecule has 0 saturated carbocycles. The summed E-state index contributed by atoms with van der Waals surface area (Å²) in [4.78, 5) is 2.54. The average molecular weight is 962 g/mol. The summed E-state index contributed by atoms with van der Waals surface area (Å²) in [6, 6.07) is 107. The molecule has 1 heteroatoms. The van der Waals surface area contributed by atoms with E-state index >= 15 is 0 Å². The molecule has 0 aromatic heterocycles. The number of anilines is 3. The van der Waals surface area contributed by atoms with Crippen LogP contribution in [-0.4, -0.2) is 0 Å². The van der Waals surface area contributed by atoms with Gasteiger partial charge in [0.25, 0.3) is 0 Å². The molecule has 14 aromatic carbocycles. The van der Waals surface area contributed by atoms with Crippen molar-refractivity contribution < 1.29 is 0 Å². The fourth-order valence-corrected chi connectivity index (χ4v) is 13.6. The third kappa shape index (κ3) is 6.15. The maximum atomic E-state index is 2.57. The zero-order chi connectivity index (χ0) is 49.9. The number of rotatable bonds is 6. The van der Waals surface area contributed by atoms with Crippen LogP contribution < -0.4 is 4.90 Å². The number of benzene rings is 14. The van der Waals surface area contributed by atoms with Crippen molar-refractivity contribution in [2.75, 3.05) is 4.90 Å². The molecule has 0 bridgehead atoms. The van der Waals surface area contributed by atoms with Crippen LogP contribution in [0.1, 0.15) is 22.3 Å². The van der Waals surface area contributed by atoms with E-state index < -0.39 is 5.41 Å². The molecule has 2 aliphatic rings. The van der Waals surface area contributed by atoms with Gasteiger partial charge in [-0.25, -0.2) is 0 Å². The Morgan fingerprint density at radius 2 is 0.632 bits per heavy atom. The highest BCUT2D eigenvalue weighted by molar-refractivity contribution is 6.26. The van der Waals surface area contributed by atoms with E-state index in [9.17, 15) is 0 Å². The van der Waals surface area contributed by atoms with Crippen LogP contribution >= 0.6 is 0 Å². The summed E-state index contributed by atoms with van der Waals surface area (Å²) in [5, 5.41) is 12.6. The number of nitrogens with zero attached hydrogens (tertiary/aromatic N) is 1. The molecule has 2 aliphatic carbocycles. The van der Waals surface area contributed by atoms with Crippen LogP contribution in [0.2, 0.25) is 0 Å². The minimum atomic E-state index is -0.533. The number of fused-ring (bicyclic) bond motifs is 19. The number of hydrogen-bond donors (Lipinski definition) is 0. The van der Waals surface area contributed by atoms with E-state index in [-0.39, 0.29) is 0 Å². The van der Waals surface area contributed by atoms with Crippen molar-refractivity contribution in [3.63, 3.8) is 0 Å². The third-order valence-electron chi connectivity index (χ3n) is 16.8. The maximum Gasteiger partial charge on any atom is 0.0726 e. The van der Waals surface area contributed by atoms with E-state index in [0.717, 1.165) is 28.2 Å². The lowest BCUT2D eigenvalue weighted by Gasteiger charge is -2.33. The van der Waals surface area contributed by atoms with E-state index in [1.54, 1.807) is 0 Å². The van der Waals surface area contributed by atoms with Crippen molar-refractivity contribution in [1.82, 2.24) is 0 Å². The molecule has 0 N–H and O–H groups in total. The Labute approximate surface area is 441 Å². The van der Waals surface area contributed by atoms with Gasteiger partial charge in [-0.15, -0.1) is 0 Å². The quantitative estimate of drug-likeness (QED) is 0.150. The Bertz CT molecular complexity index is 4600. The molecule has 352 valence electrons. The van der Waals surface area contributed by atoms with Gasteiger partial charge in [0.1, 0.15) is 0 Å². The summed E-state index contributed by atoms with van der Waals surface area (Å²) < 4.78 is 0. The van der Waals surface area contributed by atoms with Crippen LogP contribution in [0.5, 0.6) is 0 Å². The van der Waals surface area contributed by atoms with Crippen molar-refractivity contribution >= 4 is 70.9 Å². The van der Waals surface area contributed by atoms with Gasteiger partial charge in [-0.05, 0) is 169 Å². The second-order valence-corrected chi connectivity index (χ2v) is 20.6. The fourth-order valence-electron chi connectivity index (χ4n) is 13.6. The molecule has 14 aromatic rings. The Kier molecular flexibility index (Phi) is 9.32. The molecule has 0 fully saturated rings. The van der Waals surface area contributed by atoms with Crippen LogP contribution in [-0.2, 0) is 5.41 Å². The highest BCUT2D eigenvalue weighted by atomic mass is 15.1. The van der Waals surface area contributed by atoms with Crippen LogP contribution in [0.3, 0.4) is 0 Å². The summed E-state index contributed by atoms with van der Waals surface area (Å²) in [6.45, 7) is 0. The summed E-state index contributed by atoms with van der Waals surface area (Å²) in [5.41, 5.74) is 20.3. The van der Waals surface area contributed by atoms with E-state index in [2.05, 4.69) is 290 Å². The molecule has 16 rings (SSSR count). The Balaban J connectivity index is 0.994. The zero-order valence-corrected chi connectivity index (χ0v) is 41.6. The molecule has 0 saturated heterocycles. The lowest BCUT2D eigenvalue weighted by molar-refractivity contribution is 0.794. The summed E-state index contributed by atoms with van der Waals surface area (Å²) in [6.07, 6.45) is 0. The molecule has 0 atom stereocenters. The standard InChI is InChI=1S/C75H47N/c1-2-18-48(19-3-1)49-38-40-53(41-39-49)76(54-42-43-62-59-25-8-7-23-57(59)58-24-9-11-27-61(58)68(62)45-54)74-47-73-69(65-30-14-17-33-72(65)75(73)70-31-15-12-28-63(70)64-29-13-16-32-71(64)75)46-67(74)51-36-34-50(35-37-51)66-44-52-20-4-5-21-55(52)56-22-6-10-26-60(56)66/h1-47H. The Hall–Kier alpha value is -9.82. The van der Waals surface area contributed by atoms with Gasteiger partial charge in [0.15, 0.2) is 0 Å². The third-order valence-corrected chi connectivity index (χ3v) is 16.8. The summed E-state index contributed by atoms with van der Waals surface area (Å²) in [7, 11) is 0. The molecule has 1 nitrogen and oxygen atoms in total. The molecule has 0 unspecified atom stereocenters. The normalized spacial score (nSPS) is 12.8. The molecular weight excluding hydrogens is 915 g/mol. The van der Waals surface area contributed by atoms with Gasteiger partial charge in [-0.1, -0.05) is 243 Å². The smallest absolute Gasteiger partial charge is 0.0726 e. The first-order valence-electron chi connectivity index (χ1n) is 26.5. The second-order valence-electron chi connectivity index (χ2n) is 20.6. The first kappa shape index (κ1) is 42.7. The first-order chi connectivity index (χ1) is 37.7. The second kappa shape index (κ2) is 16.6. The minimum Gasteiger partial charge on any atom is -0.310 e. The SMILES string of the molecule is c1ccc(-c2ccc(N(c3ccc4c5ccccc5c5ccccc5c4c3)c3cc4c(cc3-c3ccc(-c5cc6ccccc6c6ccccc56)cc3)-c3ccccc3C43c4ccccc4-c4ccccc43)cc2)cc1. The highest BCUT2D eigenvalue weighted by Crippen LogP contribution is 2.64. The number of hydrogen-bond acceptors (Lipinski definition) is 1. The molecule has 0 radical (unpaired) electrons. The largest absolute Gasteiger partial charge is 0.310 e. The van der Waals surface area contributed by atoms with Crippen molar-refractivity contribution in [3.8, 4) is 55.6 Å². The van der Waals surface area contributed by atoms with E-state index in [0.29, 0.717) is 0 Å². The lowest BCUT2D eigenvalue weighted by atomic mass is 9.70. The van der Waals surface area contributed by atoms with E-state index in [4.69, 9.17) is 0 Å². The van der Waals surface area contributed by atoms with E-state index in [1.807, 2.05) is 0 Å². The molecule has 0 heterocycles.